The average molecular weight is 213 g/mol. The molecule has 1 aromatic carbocycles. The third-order valence-electron chi connectivity index (χ3n) is 3.07. The number of pyridine rings is 1. The number of aromatic nitrogens is 1. The van der Waals surface area contributed by atoms with Crippen molar-refractivity contribution in [3.05, 3.63) is 36.5 Å². The summed E-state index contributed by atoms with van der Waals surface area (Å²) in [4.78, 5) is 4.36. The molecule has 0 unspecified atom stereocenters. The number of rotatable bonds is 2. The van der Waals surface area contributed by atoms with E-state index in [0.29, 0.717) is 6.04 Å². The van der Waals surface area contributed by atoms with Crippen molar-refractivity contribution >= 4 is 16.6 Å². The number of nitrogens with zero attached hydrogens (tertiary/aromatic N) is 1. The van der Waals surface area contributed by atoms with Gasteiger partial charge in [-0.25, -0.2) is 0 Å². The van der Waals surface area contributed by atoms with Crippen LogP contribution in [0.5, 0.6) is 0 Å². The first-order valence-corrected chi connectivity index (χ1v) is 5.74. The molecule has 2 N–H and O–H groups in total. The second-order valence-electron chi connectivity index (χ2n) is 4.21. The molecule has 0 amide bonds. The first-order chi connectivity index (χ1) is 7.93. The SMILES string of the molecule is c1cc(N[C@@H]2CCNC2)c2cccnc2c1. The van der Waals surface area contributed by atoms with Gasteiger partial charge < -0.3 is 10.6 Å². The van der Waals surface area contributed by atoms with Crippen LogP contribution in [0.3, 0.4) is 0 Å². The molecule has 3 rings (SSSR count). The lowest BCUT2D eigenvalue weighted by atomic mass is 10.1. The monoisotopic (exact) mass is 213 g/mol. The van der Waals surface area contributed by atoms with Crippen LogP contribution >= 0.6 is 0 Å². The summed E-state index contributed by atoms with van der Waals surface area (Å²) in [5, 5.41) is 8.15. The lowest BCUT2D eigenvalue weighted by Crippen LogP contribution is -2.22. The van der Waals surface area contributed by atoms with Crippen LogP contribution in [-0.4, -0.2) is 24.1 Å². The highest BCUT2D eigenvalue weighted by molar-refractivity contribution is 5.91. The molecule has 82 valence electrons. The first-order valence-electron chi connectivity index (χ1n) is 5.74. The molecule has 0 radical (unpaired) electrons. The van der Waals surface area contributed by atoms with Gasteiger partial charge in [0, 0.05) is 29.9 Å². The minimum Gasteiger partial charge on any atom is -0.380 e. The van der Waals surface area contributed by atoms with E-state index >= 15 is 0 Å². The van der Waals surface area contributed by atoms with Gasteiger partial charge in [-0.2, -0.15) is 0 Å². The fourth-order valence-corrected chi connectivity index (χ4v) is 2.23. The lowest BCUT2D eigenvalue weighted by molar-refractivity contribution is 0.794. The standard InChI is InChI=1S/C13H15N3/c1-4-12-11(3-2-7-15-12)13(5-1)16-10-6-8-14-9-10/h1-5,7,10,14,16H,6,8-9H2/t10-/m1/s1. The summed E-state index contributed by atoms with van der Waals surface area (Å²) in [7, 11) is 0. The molecule has 3 nitrogen and oxygen atoms in total. The summed E-state index contributed by atoms with van der Waals surface area (Å²) in [6.07, 6.45) is 3.03. The van der Waals surface area contributed by atoms with E-state index < -0.39 is 0 Å². The van der Waals surface area contributed by atoms with Crippen molar-refractivity contribution in [3.63, 3.8) is 0 Å². The highest BCUT2D eigenvalue weighted by Crippen LogP contribution is 2.22. The normalized spacial score (nSPS) is 20.1. The maximum absolute atomic E-state index is 4.36. The van der Waals surface area contributed by atoms with Gasteiger partial charge in [-0.3, -0.25) is 4.98 Å². The van der Waals surface area contributed by atoms with Crippen molar-refractivity contribution in [1.29, 1.82) is 0 Å². The van der Waals surface area contributed by atoms with Crippen molar-refractivity contribution in [1.82, 2.24) is 10.3 Å². The van der Waals surface area contributed by atoms with Crippen molar-refractivity contribution < 1.29 is 0 Å². The van der Waals surface area contributed by atoms with Crippen LogP contribution in [0.25, 0.3) is 10.9 Å². The molecule has 0 spiro atoms. The zero-order chi connectivity index (χ0) is 10.8. The van der Waals surface area contributed by atoms with E-state index in [9.17, 15) is 0 Å². The fourth-order valence-electron chi connectivity index (χ4n) is 2.23. The van der Waals surface area contributed by atoms with Gasteiger partial charge in [0.1, 0.15) is 0 Å². The molecule has 1 aromatic heterocycles. The Hall–Kier alpha value is -1.61. The zero-order valence-electron chi connectivity index (χ0n) is 9.11. The van der Waals surface area contributed by atoms with Gasteiger partial charge in [0.05, 0.1) is 5.52 Å². The van der Waals surface area contributed by atoms with E-state index in [1.807, 2.05) is 18.3 Å². The number of benzene rings is 1. The molecule has 1 aliphatic rings. The van der Waals surface area contributed by atoms with Crippen molar-refractivity contribution in [2.24, 2.45) is 0 Å². The van der Waals surface area contributed by atoms with Crippen LogP contribution in [0.4, 0.5) is 5.69 Å². The van der Waals surface area contributed by atoms with E-state index in [2.05, 4.69) is 33.8 Å². The summed E-state index contributed by atoms with van der Waals surface area (Å²) >= 11 is 0. The lowest BCUT2D eigenvalue weighted by Gasteiger charge is -2.14. The molecular weight excluding hydrogens is 198 g/mol. The highest BCUT2D eigenvalue weighted by Gasteiger charge is 2.14. The molecule has 1 atom stereocenters. The van der Waals surface area contributed by atoms with Crippen LogP contribution in [0, 0.1) is 0 Å². The predicted molar refractivity (Wildman–Crippen MR) is 66.6 cm³/mol. The van der Waals surface area contributed by atoms with Gasteiger partial charge >= 0.3 is 0 Å². The molecule has 16 heavy (non-hydrogen) atoms. The molecule has 1 aliphatic heterocycles. The summed E-state index contributed by atoms with van der Waals surface area (Å²) in [5.74, 6) is 0. The molecule has 0 aliphatic carbocycles. The minimum atomic E-state index is 0.547. The van der Waals surface area contributed by atoms with Crippen molar-refractivity contribution in [3.8, 4) is 0 Å². The Morgan fingerprint density at radius 1 is 1.25 bits per heavy atom. The summed E-state index contributed by atoms with van der Waals surface area (Å²) in [6, 6.07) is 10.9. The number of hydrogen-bond acceptors (Lipinski definition) is 3. The fraction of sp³-hybridized carbons (Fsp3) is 0.308. The van der Waals surface area contributed by atoms with E-state index in [0.717, 1.165) is 18.6 Å². The van der Waals surface area contributed by atoms with Crippen LogP contribution in [0.2, 0.25) is 0 Å². The first kappa shape index (κ1) is 9.60. The number of fused-ring (bicyclic) bond motifs is 1. The number of hydrogen-bond donors (Lipinski definition) is 2. The van der Waals surface area contributed by atoms with Gasteiger partial charge in [-0.15, -0.1) is 0 Å². The molecule has 1 fully saturated rings. The Morgan fingerprint density at radius 2 is 2.25 bits per heavy atom. The van der Waals surface area contributed by atoms with Gasteiger partial charge in [0.25, 0.3) is 0 Å². The molecular formula is C13H15N3. The van der Waals surface area contributed by atoms with E-state index in [4.69, 9.17) is 0 Å². The van der Waals surface area contributed by atoms with Gasteiger partial charge in [0.15, 0.2) is 0 Å². The van der Waals surface area contributed by atoms with Crippen molar-refractivity contribution in [2.75, 3.05) is 18.4 Å². The second kappa shape index (κ2) is 4.10. The van der Waals surface area contributed by atoms with Gasteiger partial charge in [-0.05, 0) is 37.2 Å². The molecule has 1 saturated heterocycles. The maximum atomic E-state index is 4.36. The molecule has 3 heteroatoms. The number of anilines is 1. The van der Waals surface area contributed by atoms with Crippen LogP contribution in [0.1, 0.15) is 6.42 Å². The third-order valence-corrected chi connectivity index (χ3v) is 3.07. The molecule has 2 heterocycles. The Kier molecular flexibility index (Phi) is 2.46. The van der Waals surface area contributed by atoms with Crippen LogP contribution < -0.4 is 10.6 Å². The summed E-state index contributed by atoms with van der Waals surface area (Å²) in [5.41, 5.74) is 2.25. The third kappa shape index (κ3) is 1.74. The van der Waals surface area contributed by atoms with Gasteiger partial charge in [0.2, 0.25) is 0 Å². The molecule has 0 bridgehead atoms. The Morgan fingerprint density at radius 3 is 3.12 bits per heavy atom. The predicted octanol–water partition coefficient (Wildman–Crippen LogP) is 2.01. The van der Waals surface area contributed by atoms with Crippen molar-refractivity contribution in [2.45, 2.75) is 12.5 Å². The smallest absolute Gasteiger partial charge is 0.0722 e. The summed E-state index contributed by atoms with van der Waals surface area (Å²) < 4.78 is 0. The molecule has 0 saturated carbocycles. The van der Waals surface area contributed by atoms with Crippen LogP contribution in [-0.2, 0) is 0 Å². The highest BCUT2D eigenvalue weighted by atomic mass is 15.0. The largest absolute Gasteiger partial charge is 0.380 e. The topological polar surface area (TPSA) is 37.0 Å². The molecule has 2 aromatic rings. The van der Waals surface area contributed by atoms with E-state index in [1.165, 1.54) is 17.5 Å². The van der Waals surface area contributed by atoms with E-state index in [-0.39, 0.29) is 0 Å². The van der Waals surface area contributed by atoms with Gasteiger partial charge in [-0.1, -0.05) is 6.07 Å². The Labute approximate surface area is 94.9 Å². The quantitative estimate of drug-likeness (QED) is 0.801. The zero-order valence-corrected chi connectivity index (χ0v) is 9.11. The Bertz CT molecular complexity index is 484. The minimum absolute atomic E-state index is 0.547. The average Bonchev–Trinajstić information content (AvgIpc) is 2.82. The maximum Gasteiger partial charge on any atom is 0.0722 e. The summed E-state index contributed by atoms with van der Waals surface area (Å²) in [6.45, 7) is 2.16. The number of nitrogens with one attached hydrogen (secondary N) is 2. The Balaban J connectivity index is 1.96. The van der Waals surface area contributed by atoms with E-state index in [1.54, 1.807) is 0 Å². The van der Waals surface area contributed by atoms with Crippen LogP contribution in [0.15, 0.2) is 36.5 Å². The second-order valence-corrected chi connectivity index (χ2v) is 4.21.